The fraction of sp³-hybridized carbons (Fsp3) is 1.00. The van der Waals surface area contributed by atoms with Gasteiger partial charge < -0.3 is 5.11 Å². The zero-order valence-corrected chi connectivity index (χ0v) is 11.6. The van der Waals surface area contributed by atoms with Gasteiger partial charge in [-0.1, -0.05) is 39.5 Å². The Labute approximate surface area is 106 Å². The summed E-state index contributed by atoms with van der Waals surface area (Å²) in [6.45, 7) is 6.66. The maximum Gasteiger partial charge on any atom is 0.0774 e. The summed E-state index contributed by atoms with van der Waals surface area (Å²) >= 11 is 0. The minimum atomic E-state index is -0.372. The van der Waals surface area contributed by atoms with Gasteiger partial charge in [0.1, 0.15) is 0 Å². The predicted octanol–water partition coefficient (Wildman–Crippen LogP) is 3.19. The first-order valence-electron chi connectivity index (χ1n) is 7.55. The van der Waals surface area contributed by atoms with E-state index in [-0.39, 0.29) is 5.60 Å². The molecule has 2 aliphatic carbocycles. The van der Waals surface area contributed by atoms with Crippen molar-refractivity contribution < 1.29 is 5.11 Å². The van der Waals surface area contributed by atoms with E-state index in [2.05, 4.69) is 18.7 Å². The van der Waals surface area contributed by atoms with Gasteiger partial charge in [0.15, 0.2) is 0 Å². The Kier molecular flexibility index (Phi) is 4.48. The quantitative estimate of drug-likeness (QED) is 0.796. The van der Waals surface area contributed by atoms with Gasteiger partial charge in [-0.15, -0.1) is 0 Å². The highest BCUT2D eigenvalue weighted by Gasteiger charge is 2.35. The second-order valence-electron chi connectivity index (χ2n) is 6.69. The average Bonchev–Trinajstić information content (AvgIpc) is 2.13. The predicted molar refractivity (Wildman–Crippen MR) is 72.1 cm³/mol. The van der Waals surface area contributed by atoms with Crippen LogP contribution in [0, 0.1) is 5.92 Å². The summed E-state index contributed by atoms with van der Waals surface area (Å²) in [5.41, 5.74) is -0.372. The van der Waals surface area contributed by atoms with Gasteiger partial charge in [0.25, 0.3) is 0 Å². The molecule has 2 aliphatic rings. The highest BCUT2D eigenvalue weighted by atomic mass is 16.3. The molecular weight excluding hydrogens is 210 g/mol. The van der Waals surface area contributed by atoms with E-state index in [1.54, 1.807) is 0 Å². The molecule has 2 nitrogen and oxygen atoms in total. The lowest BCUT2D eigenvalue weighted by Crippen LogP contribution is -2.51. The largest absolute Gasteiger partial charge is 0.389 e. The van der Waals surface area contributed by atoms with Crippen LogP contribution < -0.4 is 0 Å². The van der Waals surface area contributed by atoms with Crippen molar-refractivity contribution >= 4 is 0 Å². The molecule has 2 heteroatoms. The van der Waals surface area contributed by atoms with Gasteiger partial charge in [-0.25, -0.2) is 0 Å². The van der Waals surface area contributed by atoms with Gasteiger partial charge in [0.2, 0.25) is 0 Å². The molecule has 0 aromatic heterocycles. The number of hydrogen-bond donors (Lipinski definition) is 1. The molecule has 0 amide bonds. The van der Waals surface area contributed by atoms with Crippen molar-refractivity contribution in [3.8, 4) is 0 Å². The summed E-state index contributed by atoms with van der Waals surface area (Å²) < 4.78 is 0. The second-order valence-corrected chi connectivity index (χ2v) is 6.69. The summed E-state index contributed by atoms with van der Waals surface area (Å²) in [6, 6.07) is 0.767. The molecule has 0 radical (unpaired) electrons. The molecule has 2 rings (SSSR count). The molecule has 0 spiro atoms. The number of hydrogen-bond acceptors (Lipinski definition) is 2. The molecule has 2 saturated carbocycles. The zero-order valence-electron chi connectivity index (χ0n) is 11.6. The molecule has 0 bridgehead atoms. The number of nitrogens with zero attached hydrogens (tertiary/aromatic N) is 1. The number of aliphatic hydroxyl groups is 1. The first-order chi connectivity index (χ1) is 8.09. The molecular formula is C15H29NO. The molecule has 0 aliphatic heterocycles. The first-order valence-corrected chi connectivity index (χ1v) is 7.55. The normalized spacial score (nSPS) is 25.2. The summed E-state index contributed by atoms with van der Waals surface area (Å²) in [7, 11) is 0. The highest BCUT2D eigenvalue weighted by molar-refractivity contribution is 4.90. The van der Waals surface area contributed by atoms with Gasteiger partial charge in [-0.05, 0) is 31.6 Å². The van der Waals surface area contributed by atoms with Crippen molar-refractivity contribution in [1.29, 1.82) is 0 Å². The van der Waals surface area contributed by atoms with Crippen molar-refractivity contribution in [3.63, 3.8) is 0 Å². The molecule has 0 heterocycles. The highest BCUT2D eigenvalue weighted by Crippen LogP contribution is 2.32. The maximum absolute atomic E-state index is 10.7. The van der Waals surface area contributed by atoms with Gasteiger partial charge >= 0.3 is 0 Å². The van der Waals surface area contributed by atoms with Gasteiger partial charge in [-0.3, -0.25) is 4.90 Å². The van der Waals surface area contributed by atoms with Crippen molar-refractivity contribution in [1.82, 2.24) is 4.90 Å². The second kappa shape index (κ2) is 5.71. The van der Waals surface area contributed by atoms with Crippen LogP contribution in [0.1, 0.15) is 65.2 Å². The lowest BCUT2D eigenvalue weighted by molar-refractivity contribution is -0.0474. The SMILES string of the molecule is CC(C)CN(CC1(O)CCCCC1)C1CCC1. The van der Waals surface area contributed by atoms with E-state index >= 15 is 0 Å². The van der Waals surface area contributed by atoms with Crippen LogP contribution in [-0.2, 0) is 0 Å². The van der Waals surface area contributed by atoms with Gasteiger partial charge in [0.05, 0.1) is 5.60 Å². The van der Waals surface area contributed by atoms with Crippen molar-refractivity contribution in [2.75, 3.05) is 13.1 Å². The monoisotopic (exact) mass is 239 g/mol. The summed E-state index contributed by atoms with van der Waals surface area (Å²) in [5, 5.41) is 10.7. The molecule has 1 N–H and O–H groups in total. The van der Waals surface area contributed by atoms with Crippen LogP contribution in [0.4, 0.5) is 0 Å². The first kappa shape index (κ1) is 13.4. The topological polar surface area (TPSA) is 23.5 Å². The summed E-state index contributed by atoms with van der Waals surface area (Å²) in [4.78, 5) is 2.58. The lowest BCUT2D eigenvalue weighted by atomic mass is 9.82. The Morgan fingerprint density at radius 3 is 2.24 bits per heavy atom. The Morgan fingerprint density at radius 1 is 1.12 bits per heavy atom. The maximum atomic E-state index is 10.7. The fourth-order valence-electron chi connectivity index (χ4n) is 3.31. The third-order valence-electron chi connectivity index (χ3n) is 4.47. The summed E-state index contributed by atoms with van der Waals surface area (Å²) in [6.07, 6.45) is 9.88. The fourth-order valence-corrected chi connectivity index (χ4v) is 3.31. The Bertz CT molecular complexity index is 229. The van der Waals surface area contributed by atoms with E-state index in [0.29, 0.717) is 5.92 Å². The molecule has 0 aromatic rings. The van der Waals surface area contributed by atoms with Crippen molar-refractivity contribution in [3.05, 3.63) is 0 Å². The third kappa shape index (κ3) is 3.69. The molecule has 0 aromatic carbocycles. The molecule has 0 atom stereocenters. The number of rotatable bonds is 5. The lowest BCUT2D eigenvalue weighted by Gasteiger charge is -2.44. The Balaban J connectivity index is 1.90. The van der Waals surface area contributed by atoms with E-state index in [1.165, 1.54) is 38.5 Å². The van der Waals surface area contributed by atoms with E-state index in [0.717, 1.165) is 32.0 Å². The van der Waals surface area contributed by atoms with E-state index in [1.807, 2.05) is 0 Å². The van der Waals surface area contributed by atoms with Crippen LogP contribution in [0.5, 0.6) is 0 Å². The van der Waals surface area contributed by atoms with Crippen LogP contribution in [0.2, 0.25) is 0 Å². The Hall–Kier alpha value is -0.0800. The average molecular weight is 239 g/mol. The van der Waals surface area contributed by atoms with Gasteiger partial charge in [0, 0.05) is 19.1 Å². The van der Waals surface area contributed by atoms with E-state index in [9.17, 15) is 5.11 Å². The molecule has 0 unspecified atom stereocenters. The van der Waals surface area contributed by atoms with Crippen LogP contribution >= 0.6 is 0 Å². The van der Waals surface area contributed by atoms with Gasteiger partial charge in [-0.2, -0.15) is 0 Å². The van der Waals surface area contributed by atoms with Crippen LogP contribution in [0.3, 0.4) is 0 Å². The Morgan fingerprint density at radius 2 is 1.76 bits per heavy atom. The van der Waals surface area contributed by atoms with E-state index in [4.69, 9.17) is 0 Å². The molecule has 100 valence electrons. The third-order valence-corrected chi connectivity index (χ3v) is 4.47. The minimum absolute atomic E-state index is 0.372. The smallest absolute Gasteiger partial charge is 0.0774 e. The zero-order chi connectivity index (χ0) is 12.3. The molecule has 0 saturated heterocycles. The van der Waals surface area contributed by atoms with Crippen molar-refractivity contribution in [2.45, 2.75) is 76.9 Å². The van der Waals surface area contributed by atoms with Crippen LogP contribution in [-0.4, -0.2) is 34.7 Å². The molecule has 17 heavy (non-hydrogen) atoms. The van der Waals surface area contributed by atoms with Crippen LogP contribution in [0.25, 0.3) is 0 Å². The van der Waals surface area contributed by atoms with Crippen molar-refractivity contribution in [2.24, 2.45) is 5.92 Å². The standard InChI is InChI=1S/C15H29NO/c1-13(2)11-16(14-7-6-8-14)12-15(17)9-4-3-5-10-15/h13-14,17H,3-12H2,1-2H3. The van der Waals surface area contributed by atoms with Crippen LogP contribution in [0.15, 0.2) is 0 Å². The molecule has 2 fully saturated rings. The minimum Gasteiger partial charge on any atom is -0.389 e. The van der Waals surface area contributed by atoms with E-state index < -0.39 is 0 Å². The summed E-state index contributed by atoms with van der Waals surface area (Å²) in [5.74, 6) is 0.711.